The van der Waals surface area contributed by atoms with Crippen LogP contribution < -0.4 is 5.73 Å². The Kier molecular flexibility index (Phi) is 4.96. The Morgan fingerprint density at radius 3 is 2.88 bits per heavy atom. The number of allylic oxidation sites excluding steroid dienone is 1. The average molecular weight is 227 g/mol. The summed E-state index contributed by atoms with van der Waals surface area (Å²) in [6.07, 6.45) is 4.84. The van der Waals surface area contributed by atoms with Crippen molar-refractivity contribution in [3.8, 4) is 11.8 Å². The Labute approximate surface area is 102 Å². The summed E-state index contributed by atoms with van der Waals surface area (Å²) in [5, 5.41) is 0. The number of aromatic nitrogens is 1. The van der Waals surface area contributed by atoms with Crippen LogP contribution in [0.4, 0.5) is 0 Å². The molecule has 1 aromatic heterocycles. The minimum Gasteiger partial charge on any atom is -0.404 e. The van der Waals surface area contributed by atoms with Crippen molar-refractivity contribution in [1.29, 1.82) is 0 Å². The van der Waals surface area contributed by atoms with Gasteiger partial charge in [0.2, 0.25) is 0 Å². The van der Waals surface area contributed by atoms with Crippen LogP contribution in [-0.2, 0) is 0 Å². The predicted octanol–water partition coefficient (Wildman–Crippen LogP) is 2.10. The van der Waals surface area contributed by atoms with E-state index in [0.29, 0.717) is 11.5 Å². The predicted molar refractivity (Wildman–Crippen MR) is 71.9 cm³/mol. The van der Waals surface area contributed by atoms with E-state index in [1.54, 1.807) is 19.5 Å². The lowest BCUT2D eigenvalue weighted by molar-refractivity contribution is 0.862. The number of hydrogen-bond donors (Lipinski definition) is 1. The maximum Gasteiger partial charge on any atom is 0.113 e. The average Bonchev–Trinajstić information content (AvgIpc) is 2.34. The third-order valence-electron chi connectivity index (χ3n) is 2.23. The molecule has 0 saturated carbocycles. The van der Waals surface area contributed by atoms with Gasteiger partial charge in [-0.3, -0.25) is 4.99 Å². The topological polar surface area (TPSA) is 51.3 Å². The second-order valence-electron chi connectivity index (χ2n) is 3.89. The molecule has 0 aliphatic rings. The van der Waals surface area contributed by atoms with Gasteiger partial charge in [0.1, 0.15) is 5.69 Å². The van der Waals surface area contributed by atoms with Gasteiger partial charge in [0, 0.05) is 25.7 Å². The van der Waals surface area contributed by atoms with Crippen LogP contribution >= 0.6 is 0 Å². The summed E-state index contributed by atoms with van der Waals surface area (Å²) >= 11 is 0. The van der Waals surface area contributed by atoms with E-state index >= 15 is 0 Å². The third-order valence-corrected chi connectivity index (χ3v) is 2.23. The van der Waals surface area contributed by atoms with E-state index in [-0.39, 0.29) is 0 Å². The fourth-order valence-corrected chi connectivity index (χ4v) is 1.27. The summed E-state index contributed by atoms with van der Waals surface area (Å²) in [5.74, 6) is 6.37. The van der Waals surface area contributed by atoms with Crippen molar-refractivity contribution in [3.05, 3.63) is 41.4 Å². The van der Waals surface area contributed by atoms with Gasteiger partial charge in [-0.2, -0.15) is 0 Å². The normalized spacial score (nSPS) is 11.6. The first-order valence-electron chi connectivity index (χ1n) is 5.49. The molecule has 0 aromatic carbocycles. The summed E-state index contributed by atoms with van der Waals surface area (Å²) in [6, 6.07) is 4.00. The minimum atomic E-state index is 0.472. The molecule has 1 heterocycles. The number of hydrogen-bond acceptors (Lipinski definition) is 3. The molecule has 88 valence electrons. The Bertz CT molecular complexity index is 488. The lowest BCUT2D eigenvalue weighted by Gasteiger charge is -2.03. The van der Waals surface area contributed by atoms with Gasteiger partial charge in [0.05, 0.1) is 5.57 Å². The van der Waals surface area contributed by atoms with Crippen molar-refractivity contribution in [2.75, 3.05) is 7.05 Å². The lowest BCUT2D eigenvalue weighted by Crippen LogP contribution is -1.91. The first-order chi connectivity index (χ1) is 8.17. The third kappa shape index (κ3) is 4.12. The van der Waals surface area contributed by atoms with Gasteiger partial charge in [-0.15, -0.1) is 0 Å². The highest BCUT2D eigenvalue weighted by molar-refractivity contribution is 5.84. The van der Waals surface area contributed by atoms with Crippen LogP contribution in [0.1, 0.15) is 31.0 Å². The van der Waals surface area contributed by atoms with Crippen molar-refractivity contribution in [2.45, 2.75) is 19.8 Å². The van der Waals surface area contributed by atoms with E-state index in [1.807, 2.05) is 12.1 Å². The molecule has 0 saturated heterocycles. The van der Waals surface area contributed by atoms with Crippen molar-refractivity contribution in [1.82, 2.24) is 4.98 Å². The Hall–Kier alpha value is -2.08. The molecule has 0 amide bonds. The van der Waals surface area contributed by atoms with Crippen LogP contribution in [0.25, 0.3) is 0 Å². The summed E-state index contributed by atoms with van der Waals surface area (Å²) in [6.45, 7) is 4.28. The maximum atomic E-state index is 5.42. The zero-order valence-corrected chi connectivity index (χ0v) is 10.4. The monoisotopic (exact) mass is 227 g/mol. The molecule has 0 radical (unpaired) electrons. The summed E-state index contributed by atoms with van der Waals surface area (Å²) in [7, 11) is 1.68. The maximum absolute atomic E-state index is 5.42. The van der Waals surface area contributed by atoms with E-state index in [4.69, 9.17) is 5.73 Å². The minimum absolute atomic E-state index is 0.472. The number of rotatable bonds is 2. The van der Waals surface area contributed by atoms with E-state index in [9.17, 15) is 0 Å². The highest BCUT2D eigenvalue weighted by Gasteiger charge is 1.99. The first-order valence-corrected chi connectivity index (χ1v) is 5.49. The Morgan fingerprint density at radius 1 is 1.53 bits per heavy atom. The van der Waals surface area contributed by atoms with E-state index < -0.39 is 0 Å². The second-order valence-corrected chi connectivity index (χ2v) is 3.89. The van der Waals surface area contributed by atoms with E-state index in [2.05, 4.69) is 35.7 Å². The molecule has 0 fully saturated rings. The molecule has 0 bridgehead atoms. The smallest absolute Gasteiger partial charge is 0.113 e. The molecule has 0 spiro atoms. The summed E-state index contributed by atoms with van der Waals surface area (Å²) < 4.78 is 0. The first kappa shape index (κ1) is 13.0. The summed E-state index contributed by atoms with van der Waals surface area (Å²) in [5.41, 5.74) is 8.09. The lowest BCUT2D eigenvalue weighted by atomic mass is 10.0. The second kappa shape index (κ2) is 6.49. The number of nitrogens with two attached hydrogens (primary N) is 1. The molecule has 0 aliphatic heterocycles. The Balaban J connectivity index is 2.96. The Morgan fingerprint density at radius 2 is 2.29 bits per heavy atom. The van der Waals surface area contributed by atoms with Gasteiger partial charge < -0.3 is 5.73 Å². The van der Waals surface area contributed by atoms with Crippen LogP contribution in [0.5, 0.6) is 0 Å². The molecule has 3 heteroatoms. The zero-order valence-electron chi connectivity index (χ0n) is 10.4. The van der Waals surface area contributed by atoms with Crippen LogP contribution in [-0.4, -0.2) is 18.2 Å². The molecule has 0 unspecified atom stereocenters. The molecule has 2 N–H and O–H groups in total. The van der Waals surface area contributed by atoms with Gasteiger partial charge in [-0.05, 0) is 29.5 Å². The van der Waals surface area contributed by atoms with Crippen molar-refractivity contribution in [2.24, 2.45) is 10.7 Å². The molecular weight excluding hydrogens is 210 g/mol. The quantitative estimate of drug-likeness (QED) is 0.621. The number of nitrogens with zero attached hydrogens (tertiary/aromatic N) is 2. The zero-order chi connectivity index (χ0) is 12.7. The van der Waals surface area contributed by atoms with Crippen LogP contribution in [0.3, 0.4) is 0 Å². The van der Waals surface area contributed by atoms with Crippen molar-refractivity contribution >= 4 is 6.21 Å². The van der Waals surface area contributed by atoms with E-state index in [1.165, 1.54) is 11.8 Å². The molecule has 1 aromatic rings. The molecule has 3 nitrogen and oxygen atoms in total. The van der Waals surface area contributed by atoms with Gasteiger partial charge >= 0.3 is 0 Å². The molecule has 1 rings (SSSR count). The van der Waals surface area contributed by atoms with Crippen molar-refractivity contribution < 1.29 is 0 Å². The fraction of sp³-hybridized carbons (Fsp3) is 0.286. The molecule has 0 atom stereocenters. The van der Waals surface area contributed by atoms with Crippen LogP contribution in [0.2, 0.25) is 0 Å². The SMILES string of the molecule is CN=C/C(C#Cc1cc(C(C)C)ccn1)=C\N. The van der Waals surface area contributed by atoms with E-state index in [0.717, 1.165) is 5.69 Å². The number of pyridine rings is 1. The van der Waals surface area contributed by atoms with Crippen molar-refractivity contribution in [3.63, 3.8) is 0 Å². The van der Waals surface area contributed by atoms with Crippen LogP contribution in [0, 0.1) is 11.8 Å². The summed E-state index contributed by atoms with van der Waals surface area (Å²) in [4.78, 5) is 8.07. The van der Waals surface area contributed by atoms with Gasteiger partial charge in [0.15, 0.2) is 0 Å². The van der Waals surface area contributed by atoms with Gasteiger partial charge in [-0.25, -0.2) is 4.98 Å². The highest BCUT2D eigenvalue weighted by Crippen LogP contribution is 2.13. The molecular formula is C14H17N3. The van der Waals surface area contributed by atoms with Crippen LogP contribution in [0.15, 0.2) is 35.1 Å². The standard InChI is InChI=1S/C14H17N3/c1-11(2)13-6-7-17-14(8-13)5-4-12(9-15)10-16-3/h6-11H,15H2,1-3H3/b12-9-,16-10?. The fourth-order valence-electron chi connectivity index (χ4n) is 1.27. The van der Waals surface area contributed by atoms with Gasteiger partial charge in [0.25, 0.3) is 0 Å². The van der Waals surface area contributed by atoms with Gasteiger partial charge in [-0.1, -0.05) is 19.8 Å². The number of aliphatic imine (C=N–C) groups is 1. The molecule has 17 heavy (non-hydrogen) atoms. The highest BCUT2D eigenvalue weighted by atomic mass is 14.7. The molecule has 0 aliphatic carbocycles. The largest absolute Gasteiger partial charge is 0.404 e.